The SMILES string of the molecule is Nc1c(S(=O)(=O)O)cc(Nc2ccc(Nc3ccccn3)c(S(=O)(=O)O)c2)c2c1C(=O)c1ccccc1C2=O. The molecule has 39 heavy (non-hydrogen) atoms. The number of nitrogens with zero attached hydrogens (tertiary/aromatic N) is 1. The molecule has 4 aromatic rings. The Morgan fingerprint density at radius 2 is 1.31 bits per heavy atom. The predicted octanol–water partition coefficient (Wildman–Crippen LogP) is 3.42. The Balaban J connectivity index is 1.68. The second-order valence-electron chi connectivity index (χ2n) is 8.42. The first-order valence-electron chi connectivity index (χ1n) is 11.1. The van der Waals surface area contributed by atoms with E-state index in [0.29, 0.717) is 0 Å². The summed E-state index contributed by atoms with van der Waals surface area (Å²) in [6.07, 6.45) is 1.47. The number of nitrogens with one attached hydrogen (secondary N) is 2. The molecule has 1 aromatic heterocycles. The monoisotopic (exact) mass is 566 g/mol. The number of nitrogens with two attached hydrogens (primary N) is 1. The molecule has 12 nitrogen and oxygen atoms in total. The molecule has 0 fully saturated rings. The van der Waals surface area contributed by atoms with Crippen LogP contribution in [0.4, 0.5) is 28.6 Å². The van der Waals surface area contributed by atoms with E-state index in [1.54, 1.807) is 24.3 Å². The number of nitrogen functional groups attached to an aromatic ring is 1. The van der Waals surface area contributed by atoms with Crippen LogP contribution in [0, 0.1) is 0 Å². The molecule has 0 unspecified atom stereocenters. The summed E-state index contributed by atoms with van der Waals surface area (Å²) in [6.45, 7) is 0. The lowest BCUT2D eigenvalue weighted by atomic mass is 9.82. The highest BCUT2D eigenvalue weighted by atomic mass is 32.2. The Labute approximate surface area is 222 Å². The van der Waals surface area contributed by atoms with Gasteiger partial charge in [0, 0.05) is 23.0 Å². The number of fused-ring (bicyclic) bond motifs is 2. The summed E-state index contributed by atoms with van der Waals surface area (Å²) in [5.74, 6) is -1.10. The minimum atomic E-state index is -4.95. The van der Waals surface area contributed by atoms with Crippen molar-refractivity contribution >= 4 is 60.4 Å². The van der Waals surface area contributed by atoms with E-state index in [1.165, 1.54) is 36.5 Å². The summed E-state index contributed by atoms with van der Waals surface area (Å²) < 4.78 is 68.2. The molecule has 1 aliphatic carbocycles. The van der Waals surface area contributed by atoms with E-state index in [0.717, 1.165) is 12.1 Å². The topological polar surface area (TPSA) is 206 Å². The van der Waals surface area contributed by atoms with Gasteiger partial charge in [0.05, 0.1) is 28.2 Å². The van der Waals surface area contributed by atoms with Crippen molar-refractivity contribution in [3.05, 3.63) is 95.2 Å². The lowest BCUT2D eigenvalue weighted by molar-refractivity contribution is 0.0980. The molecule has 198 valence electrons. The van der Waals surface area contributed by atoms with Crippen LogP contribution >= 0.6 is 0 Å². The Morgan fingerprint density at radius 1 is 0.692 bits per heavy atom. The van der Waals surface area contributed by atoms with Crippen molar-refractivity contribution in [2.75, 3.05) is 16.4 Å². The largest absolute Gasteiger partial charge is 0.397 e. The van der Waals surface area contributed by atoms with Crippen LogP contribution in [0.15, 0.2) is 82.7 Å². The van der Waals surface area contributed by atoms with Gasteiger partial charge >= 0.3 is 0 Å². The highest BCUT2D eigenvalue weighted by Gasteiger charge is 2.36. The fraction of sp³-hybridized carbons (Fsp3) is 0. The van der Waals surface area contributed by atoms with Crippen LogP contribution in [0.5, 0.6) is 0 Å². The zero-order valence-corrected chi connectivity index (χ0v) is 21.2. The predicted molar refractivity (Wildman–Crippen MR) is 141 cm³/mol. The van der Waals surface area contributed by atoms with Crippen molar-refractivity contribution < 1.29 is 35.5 Å². The number of ketones is 2. The van der Waals surface area contributed by atoms with Gasteiger partial charge in [0.25, 0.3) is 20.2 Å². The Morgan fingerprint density at radius 3 is 1.90 bits per heavy atom. The second kappa shape index (κ2) is 9.28. The van der Waals surface area contributed by atoms with E-state index in [9.17, 15) is 35.5 Å². The normalized spacial score (nSPS) is 13.0. The van der Waals surface area contributed by atoms with Crippen molar-refractivity contribution in [1.29, 1.82) is 0 Å². The first kappa shape index (κ1) is 26.0. The molecule has 0 aliphatic heterocycles. The zero-order chi connectivity index (χ0) is 28.1. The van der Waals surface area contributed by atoms with Gasteiger partial charge in [0.1, 0.15) is 15.6 Å². The van der Waals surface area contributed by atoms with Crippen molar-refractivity contribution in [2.24, 2.45) is 0 Å². The lowest BCUT2D eigenvalue weighted by Gasteiger charge is -2.24. The van der Waals surface area contributed by atoms with Gasteiger partial charge in [-0.05, 0) is 36.4 Å². The van der Waals surface area contributed by atoms with Gasteiger partial charge in [-0.25, -0.2) is 4.98 Å². The standard InChI is InChI=1S/C25H18N4O8S2/c26-23-19(39(35,36)37)12-17(21-22(23)25(31)15-6-2-1-5-14(15)24(21)30)28-13-8-9-16(18(11-13)38(32,33)34)29-20-7-3-4-10-27-20/h1-12,28H,26H2,(H,27,29)(H,32,33,34)(H,35,36,37). The van der Waals surface area contributed by atoms with Crippen molar-refractivity contribution in [3.8, 4) is 0 Å². The van der Waals surface area contributed by atoms with Gasteiger partial charge < -0.3 is 16.4 Å². The third kappa shape index (κ3) is 4.72. The number of carbonyl (C=O) groups excluding carboxylic acids is 2. The maximum absolute atomic E-state index is 13.4. The van der Waals surface area contributed by atoms with Gasteiger partial charge in [-0.3, -0.25) is 18.7 Å². The molecular weight excluding hydrogens is 548 g/mol. The Bertz CT molecular complexity index is 1910. The first-order valence-corrected chi connectivity index (χ1v) is 13.9. The summed E-state index contributed by atoms with van der Waals surface area (Å²) in [7, 11) is -9.74. The summed E-state index contributed by atoms with van der Waals surface area (Å²) in [5, 5.41) is 5.51. The van der Waals surface area contributed by atoms with E-state index < -0.39 is 52.8 Å². The molecule has 0 amide bonds. The molecule has 5 rings (SSSR count). The van der Waals surface area contributed by atoms with Crippen LogP contribution in [-0.4, -0.2) is 42.5 Å². The van der Waals surface area contributed by atoms with E-state index in [4.69, 9.17) is 5.73 Å². The van der Waals surface area contributed by atoms with Crippen LogP contribution < -0.4 is 16.4 Å². The number of aromatic nitrogens is 1. The fourth-order valence-electron chi connectivity index (χ4n) is 4.25. The van der Waals surface area contributed by atoms with Gasteiger partial charge in [0.15, 0.2) is 11.6 Å². The molecule has 3 aromatic carbocycles. The Kier molecular flexibility index (Phi) is 6.19. The number of rotatable bonds is 6. The third-order valence-electron chi connectivity index (χ3n) is 5.94. The number of hydrogen-bond donors (Lipinski definition) is 5. The molecule has 14 heteroatoms. The molecule has 0 saturated heterocycles. The number of hydrogen-bond acceptors (Lipinski definition) is 10. The number of benzene rings is 3. The molecule has 6 N–H and O–H groups in total. The average molecular weight is 567 g/mol. The minimum Gasteiger partial charge on any atom is -0.397 e. The summed E-state index contributed by atoms with van der Waals surface area (Å²) in [4.78, 5) is 29.4. The van der Waals surface area contributed by atoms with E-state index in [2.05, 4.69) is 15.6 Å². The molecule has 0 radical (unpaired) electrons. The third-order valence-corrected chi connectivity index (χ3v) is 7.73. The van der Waals surface area contributed by atoms with Gasteiger partial charge in [-0.1, -0.05) is 30.3 Å². The zero-order valence-electron chi connectivity index (χ0n) is 19.6. The van der Waals surface area contributed by atoms with E-state index in [1.807, 2.05) is 0 Å². The van der Waals surface area contributed by atoms with Crippen LogP contribution in [0.25, 0.3) is 0 Å². The summed E-state index contributed by atoms with van der Waals surface area (Å²) >= 11 is 0. The maximum Gasteiger partial charge on any atom is 0.296 e. The van der Waals surface area contributed by atoms with Crippen LogP contribution in [0.1, 0.15) is 31.8 Å². The highest BCUT2D eigenvalue weighted by molar-refractivity contribution is 7.86. The molecule has 0 saturated carbocycles. The molecular formula is C25H18N4O8S2. The number of carbonyl (C=O) groups is 2. The minimum absolute atomic E-state index is 0.00116. The van der Waals surface area contributed by atoms with Gasteiger partial charge in [0.2, 0.25) is 0 Å². The quantitative estimate of drug-likeness (QED) is 0.148. The lowest BCUT2D eigenvalue weighted by Crippen LogP contribution is -2.25. The van der Waals surface area contributed by atoms with E-state index in [-0.39, 0.29) is 39.6 Å². The first-order chi connectivity index (χ1) is 18.4. The molecule has 0 atom stereocenters. The summed E-state index contributed by atoms with van der Waals surface area (Å²) in [6, 6.07) is 15.3. The Hall–Kier alpha value is -4.63. The molecule has 1 heterocycles. The number of pyridine rings is 1. The van der Waals surface area contributed by atoms with Gasteiger partial charge in [-0.15, -0.1) is 0 Å². The summed E-state index contributed by atoms with van der Waals surface area (Å²) in [5.41, 5.74) is 4.42. The van der Waals surface area contributed by atoms with Crippen molar-refractivity contribution in [3.63, 3.8) is 0 Å². The van der Waals surface area contributed by atoms with E-state index >= 15 is 0 Å². The van der Waals surface area contributed by atoms with Crippen LogP contribution in [0.3, 0.4) is 0 Å². The second-order valence-corrected chi connectivity index (χ2v) is 11.2. The molecule has 1 aliphatic rings. The fourth-order valence-corrected chi connectivity index (χ4v) is 5.57. The van der Waals surface area contributed by atoms with Crippen LogP contribution in [0.2, 0.25) is 0 Å². The number of anilines is 5. The molecule has 0 spiro atoms. The highest BCUT2D eigenvalue weighted by Crippen LogP contribution is 2.40. The average Bonchev–Trinajstić information content (AvgIpc) is 2.88. The smallest absolute Gasteiger partial charge is 0.296 e. The molecule has 0 bridgehead atoms. The van der Waals surface area contributed by atoms with Crippen molar-refractivity contribution in [1.82, 2.24) is 4.98 Å². The van der Waals surface area contributed by atoms with Crippen molar-refractivity contribution in [2.45, 2.75) is 9.79 Å². The maximum atomic E-state index is 13.4. The van der Waals surface area contributed by atoms with Gasteiger partial charge in [-0.2, -0.15) is 16.8 Å². The van der Waals surface area contributed by atoms with Crippen LogP contribution in [-0.2, 0) is 20.2 Å².